The minimum Gasteiger partial charge on any atom is -0.387 e. The average molecular weight is 455 g/mol. The Kier molecular flexibility index (Phi) is 5.68. The summed E-state index contributed by atoms with van der Waals surface area (Å²) < 4.78 is 27.0. The third-order valence-corrected chi connectivity index (χ3v) is 6.96. The fraction of sp³-hybridized carbons (Fsp3) is 0.533. The fourth-order valence-electron chi connectivity index (χ4n) is 2.65. The summed E-state index contributed by atoms with van der Waals surface area (Å²) >= 11 is 2.51. The van der Waals surface area contributed by atoms with Gasteiger partial charge in [-0.3, -0.25) is 4.79 Å². The molecule has 1 heterocycles. The van der Waals surface area contributed by atoms with Gasteiger partial charge >= 0.3 is 0 Å². The highest BCUT2D eigenvalue weighted by Crippen LogP contribution is 2.43. The van der Waals surface area contributed by atoms with Gasteiger partial charge in [-0.15, -0.1) is 0 Å². The van der Waals surface area contributed by atoms with Gasteiger partial charge in [0.05, 0.1) is 4.90 Å². The van der Waals surface area contributed by atoms with E-state index >= 15 is 0 Å². The Morgan fingerprint density at radius 3 is 2.19 bits per heavy atom. The van der Waals surface area contributed by atoms with Crippen molar-refractivity contribution in [1.82, 2.24) is 0 Å². The molecule has 26 heavy (non-hydrogen) atoms. The molecule has 0 bridgehead atoms. The van der Waals surface area contributed by atoms with Gasteiger partial charge in [0.25, 0.3) is 4.70 Å². The van der Waals surface area contributed by atoms with Crippen molar-refractivity contribution in [2.24, 2.45) is 0 Å². The molecule has 1 aliphatic heterocycles. The molecule has 0 radical (unpaired) electrons. The first-order valence-corrected chi connectivity index (χ1v) is 9.78. The van der Waals surface area contributed by atoms with Crippen LogP contribution in [0.5, 0.6) is 0 Å². The maximum atomic E-state index is 12.6. The van der Waals surface area contributed by atoms with Crippen LogP contribution in [0, 0.1) is 6.92 Å². The Morgan fingerprint density at radius 2 is 1.73 bits per heavy atom. The van der Waals surface area contributed by atoms with Gasteiger partial charge in [-0.1, -0.05) is 17.7 Å². The Bertz CT molecular complexity index is 792. The highest BCUT2D eigenvalue weighted by atomic mass is 79.9. The molecular formula is C15H19BrO9S. The third kappa shape index (κ3) is 3.22. The zero-order valence-corrected chi connectivity index (χ0v) is 16.2. The minimum atomic E-state index is -4.46. The number of hydrogen-bond donors (Lipinski definition) is 5. The second-order valence-corrected chi connectivity index (χ2v) is 9.27. The minimum absolute atomic E-state index is 0.286. The topological polar surface area (TPSA) is 162 Å². The van der Waals surface area contributed by atoms with Crippen molar-refractivity contribution in [1.29, 1.82) is 0 Å². The number of aryl methyl sites for hydroxylation is 1. The van der Waals surface area contributed by atoms with E-state index in [9.17, 15) is 38.7 Å². The zero-order valence-electron chi connectivity index (χ0n) is 13.8. The second kappa shape index (κ2) is 6.91. The molecule has 9 nitrogen and oxygen atoms in total. The molecule has 0 spiro atoms. The lowest BCUT2D eigenvalue weighted by atomic mass is 9.83. The summed E-state index contributed by atoms with van der Waals surface area (Å²) in [6.07, 6.45) is -6.61. The van der Waals surface area contributed by atoms with Crippen LogP contribution < -0.4 is 0 Å². The molecule has 2 rings (SSSR count). The van der Waals surface area contributed by atoms with E-state index < -0.39 is 49.7 Å². The number of sulfone groups is 1. The first kappa shape index (κ1) is 21.4. The van der Waals surface area contributed by atoms with E-state index in [1.807, 2.05) is 0 Å². The molecule has 1 aromatic rings. The molecule has 146 valence electrons. The van der Waals surface area contributed by atoms with Crippen LogP contribution in [0.1, 0.15) is 12.5 Å². The molecule has 0 saturated carbocycles. The van der Waals surface area contributed by atoms with Crippen LogP contribution in [0.15, 0.2) is 29.2 Å². The Balaban J connectivity index is 2.43. The van der Waals surface area contributed by atoms with Gasteiger partial charge in [0.1, 0.15) is 18.3 Å². The predicted octanol–water partition coefficient (Wildman–Crippen LogP) is -1.43. The maximum Gasteiger partial charge on any atom is 0.264 e. The van der Waals surface area contributed by atoms with E-state index in [4.69, 9.17) is 4.74 Å². The summed E-state index contributed by atoms with van der Waals surface area (Å²) in [6, 6.07) is 5.43. The highest BCUT2D eigenvalue weighted by molar-refractivity contribution is 9.10. The van der Waals surface area contributed by atoms with Crippen molar-refractivity contribution in [3.8, 4) is 0 Å². The number of halogens is 1. The van der Waals surface area contributed by atoms with Crippen LogP contribution in [-0.2, 0) is 19.4 Å². The normalized spacial score (nSPS) is 36.5. The summed E-state index contributed by atoms with van der Waals surface area (Å²) in [5.74, 6) is -1.15. The number of aliphatic hydroxyl groups excluding tert-OH is 3. The lowest BCUT2D eigenvalue weighted by Gasteiger charge is -2.49. The summed E-state index contributed by atoms with van der Waals surface area (Å²) in [4.78, 5) is 11.4. The van der Waals surface area contributed by atoms with Crippen molar-refractivity contribution >= 4 is 31.6 Å². The number of benzene rings is 1. The van der Waals surface area contributed by atoms with E-state index in [-0.39, 0.29) is 4.90 Å². The maximum absolute atomic E-state index is 12.6. The van der Waals surface area contributed by atoms with Gasteiger partial charge < -0.3 is 30.3 Å². The number of Topliss-reactive ketones (excluding diaryl/α,β-unsaturated/α-hetero) is 1. The van der Waals surface area contributed by atoms with Crippen LogP contribution in [0.4, 0.5) is 0 Å². The van der Waals surface area contributed by atoms with E-state index in [1.165, 1.54) is 24.3 Å². The molecule has 1 fully saturated rings. The smallest absolute Gasteiger partial charge is 0.264 e. The lowest BCUT2D eigenvalue weighted by Crippen LogP contribution is -2.74. The first-order chi connectivity index (χ1) is 11.8. The van der Waals surface area contributed by atoms with Gasteiger partial charge in [0.2, 0.25) is 15.4 Å². The van der Waals surface area contributed by atoms with Crippen LogP contribution in [0.25, 0.3) is 0 Å². The number of ether oxygens (including phenoxy) is 1. The number of aliphatic hydroxyl groups is 5. The highest BCUT2D eigenvalue weighted by Gasteiger charge is 2.67. The molecule has 0 amide bonds. The monoisotopic (exact) mass is 454 g/mol. The van der Waals surface area contributed by atoms with Crippen molar-refractivity contribution in [2.75, 3.05) is 0 Å². The molecule has 1 saturated heterocycles. The standard InChI is InChI=1S/C15H19BrO9S/c1-7-3-5-9(6-4-7)26(23,24)13(20)11-10(18)12(19)14(21,8(2)17)15(16,22)25-11/h3-6,10-13,18-22H,1-2H3/t10-,11+,12+,13?,14+,15?/m1/s1. The molecule has 0 aliphatic carbocycles. The molecule has 2 unspecified atom stereocenters. The number of carbonyl (C=O) groups excluding carboxylic acids is 1. The third-order valence-electron chi connectivity index (χ3n) is 4.34. The first-order valence-electron chi connectivity index (χ1n) is 7.44. The molecule has 11 heteroatoms. The number of hydrogen-bond acceptors (Lipinski definition) is 9. The van der Waals surface area contributed by atoms with Gasteiger partial charge in [-0.05, 0) is 41.9 Å². The van der Waals surface area contributed by atoms with Crippen molar-refractivity contribution < 1.29 is 43.5 Å². The van der Waals surface area contributed by atoms with Gasteiger partial charge in [-0.25, -0.2) is 8.42 Å². The summed E-state index contributed by atoms with van der Waals surface area (Å²) in [7, 11) is -4.46. The van der Waals surface area contributed by atoms with E-state index in [0.717, 1.165) is 12.5 Å². The van der Waals surface area contributed by atoms with Gasteiger partial charge in [0.15, 0.2) is 11.2 Å². The Morgan fingerprint density at radius 1 is 1.23 bits per heavy atom. The van der Waals surface area contributed by atoms with E-state index in [2.05, 4.69) is 15.9 Å². The fourth-order valence-corrected chi connectivity index (χ4v) is 4.74. The number of carbonyl (C=O) groups is 1. The van der Waals surface area contributed by atoms with Crippen LogP contribution in [0.2, 0.25) is 0 Å². The molecule has 1 aromatic carbocycles. The number of rotatable bonds is 4. The molecular weight excluding hydrogens is 436 g/mol. The predicted molar refractivity (Wildman–Crippen MR) is 90.8 cm³/mol. The van der Waals surface area contributed by atoms with Crippen LogP contribution >= 0.6 is 15.9 Å². The van der Waals surface area contributed by atoms with Crippen molar-refractivity contribution in [2.45, 2.75) is 52.8 Å². The van der Waals surface area contributed by atoms with Gasteiger partial charge in [0, 0.05) is 0 Å². The zero-order chi connectivity index (χ0) is 20.1. The van der Waals surface area contributed by atoms with Crippen molar-refractivity contribution in [3.05, 3.63) is 29.8 Å². The lowest BCUT2D eigenvalue weighted by molar-refractivity contribution is -0.333. The summed E-state index contributed by atoms with van der Waals surface area (Å²) in [5, 5.41) is 50.9. The summed E-state index contributed by atoms with van der Waals surface area (Å²) in [5.41, 5.74) is -4.63. The largest absolute Gasteiger partial charge is 0.387 e. The quantitative estimate of drug-likeness (QED) is 0.343. The Labute approximate surface area is 157 Å². The molecule has 1 aliphatic rings. The summed E-state index contributed by atoms with van der Waals surface area (Å²) in [6.45, 7) is 2.55. The van der Waals surface area contributed by atoms with E-state index in [0.29, 0.717) is 0 Å². The van der Waals surface area contributed by atoms with Crippen LogP contribution in [0.3, 0.4) is 0 Å². The Hall–Kier alpha value is -0.920. The van der Waals surface area contributed by atoms with E-state index in [1.54, 1.807) is 6.92 Å². The second-order valence-electron chi connectivity index (χ2n) is 6.15. The average Bonchev–Trinajstić information content (AvgIpc) is 2.56. The van der Waals surface area contributed by atoms with Crippen LogP contribution in [-0.4, -0.2) is 73.8 Å². The molecule has 5 N–H and O–H groups in total. The molecule has 0 aromatic heterocycles. The number of alkyl halides is 1. The molecule has 6 atom stereocenters. The van der Waals surface area contributed by atoms with Crippen molar-refractivity contribution in [3.63, 3.8) is 0 Å². The number of ketones is 1. The van der Waals surface area contributed by atoms with Gasteiger partial charge in [-0.2, -0.15) is 0 Å². The SMILES string of the molecule is CC(=O)[C@]1(O)[C@@H](O)[C@H](O)[C@@H](C(O)S(=O)(=O)c2ccc(C)cc2)OC1(O)Br.